The minimum atomic E-state index is -1.08. The van der Waals surface area contributed by atoms with E-state index in [4.69, 9.17) is 9.90 Å². The molecule has 0 amide bonds. The molecule has 0 saturated carbocycles. The number of rotatable bonds is 2. The summed E-state index contributed by atoms with van der Waals surface area (Å²) in [5.74, 6) is -2.12. The van der Waals surface area contributed by atoms with Crippen molar-refractivity contribution in [1.29, 1.82) is 0 Å². The van der Waals surface area contributed by atoms with Crippen molar-refractivity contribution in [2.45, 2.75) is 20.8 Å². The molecule has 0 aliphatic heterocycles. The molecule has 0 atom stereocenters. The fourth-order valence-electron chi connectivity index (χ4n) is 0.160. The Kier molecular flexibility index (Phi) is 17.0. The number of carbonyl (C=O) groups excluding carboxylic acids is 3. The summed E-state index contributed by atoms with van der Waals surface area (Å²) in [6.07, 6.45) is 0. The van der Waals surface area contributed by atoms with Crippen LogP contribution < -0.4 is 34.7 Å². The molecule has 0 aromatic carbocycles. The van der Waals surface area contributed by atoms with E-state index >= 15 is 0 Å². The van der Waals surface area contributed by atoms with Crippen molar-refractivity contribution in [3.8, 4) is 0 Å². The molecule has 0 aliphatic carbocycles. The predicted octanol–water partition coefficient (Wildman–Crippen LogP) is -4.59. The van der Waals surface area contributed by atoms with Crippen LogP contribution in [-0.4, -0.2) is 25.6 Å². The van der Waals surface area contributed by atoms with Crippen molar-refractivity contribution in [3.05, 3.63) is 0 Å². The van der Waals surface area contributed by atoms with Crippen molar-refractivity contribution in [2.75, 3.05) is 0 Å². The molecule has 1 radical (unpaired) electrons. The number of hydrogen-bond donors (Lipinski definition) is 0. The van der Waals surface area contributed by atoms with Gasteiger partial charge in [-0.15, -0.1) is 0 Å². The smallest absolute Gasteiger partial charge is 0.550 e. The van der Waals surface area contributed by atoms with Crippen molar-refractivity contribution < 1.29 is 58.4 Å². The van der Waals surface area contributed by atoms with Crippen LogP contribution in [0.25, 0.3) is 0 Å². The number of carbonyl (C=O) groups is 3. The van der Waals surface area contributed by atoms with Gasteiger partial charge < -0.3 is 19.2 Å². The Labute approximate surface area is 105 Å². The third kappa shape index (κ3) is 42.0. The fraction of sp³-hybridized carbons (Fsp3) is 0.500. The van der Waals surface area contributed by atoms with Crippen LogP contribution in [0.3, 0.4) is 0 Å². The molecule has 0 aliphatic rings. The molecule has 0 rings (SSSR count). The van der Waals surface area contributed by atoms with Gasteiger partial charge in [0, 0.05) is 19.8 Å². The molecule has 0 aromatic rings. The summed E-state index contributed by atoms with van der Waals surface area (Å²) in [5, 5.41) is 8.89. The van der Waals surface area contributed by atoms with Crippen molar-refractivity contribution in [3.63, 3.8) is 0 Å². The van der Waals surface area contributed by atoms with Crippen molar-refractivity contribution in [2.24, 2.45) is 0 Å². The summed E-state index contributed by atoms with van der Waals surface area (Å²) in [7, 11) is 0.699. The zero-order valence-electron chi connectivity index (χ0n) is 8.53. The number of carboxylic acids is 1. The first kappa shape index (κ1) is 19.1. The van der Waals surface area contributed by atoms with Crippen LogP contribution in [0.1, 0.15) is 20.8 Å². The second-order valence-corrected chi connectivity index (χ2v) is 1.81. The fourth-order valence-corrected chi connectivity index (χ4v) is 0.160. The van der Waals surface area contributed by atoms with Crippen LogP contribution >= 0.6 is 0 Å². The molecule has 0 fully saturated rings. The zero-order chi connectivity index (χ0) is 10.9. The Morgan fingerprint density at radius 3 is 1.36 bits per heavy atom. The maximum atomic E-state index is 9.98. The predicted molar refractivity (Wildman–Crippen MR) is 40.0 cm³/mol. The van der Waals surface area contributed by atoms with E-state index in [1.165, 1.54) is 13.8 Å². The summed E-state index contributed by atoms with van der Waals surface area (Å²) < 4.78 is 8.29. The first-order chi connectivity index (χ1) is 5.86. The molecule has 0 heterocycles. The number of aliphatic carboxylic acids is 1. The minimum absolute atomic E-state index is 0. The summed E-state index contributed by atoms with van der Waals surface area (Å²) >= 11 is 0. The van der Waals surface area contributed by atoms with Gasteiger partial charge in [-0.3, -0.25) is 9.59 Å². The quantitative estimate of drug-likeness (QED) is 0.426. The molecule has 0 unspecified atom stereocenters. The van der Waals surface area contributed by atoms with E-state index in [1.54, 1.807) is 0 Å². The molecule has 6 nitrogen and oxygen atoms in total. The molecule has 0 saturated heterocycles. The van der Waals surface area contributed by atoms with Gasteiger partial charge in [0.1, 0.15) is 0 Å². The Morgan fingerprint density at radius 2 is 1.21 bits per heavy atom. The molecular weight excluding hydrogens is 202 g/mol. The normalized spacial score (nSPS) is 6.79. The largest absolute Gasteiger partial charge is 1.00 e. The van der Waals surface area contributed by atoms with Gasteiger partial charge in [0.2, 0.25) is 0 Å². The number of carboxylic acid groups (broad SMARTS) is 1. The molecule has 8 heteroatoms. The van der Waals surface area contributed by atoms with Gasteiger partial charge in [0.15, 0.2) is 0 Å². The van der Waals surface area contributed by atoms with Crippen molar-refractivity contribution in [1.82, 2.24) is 0 Å². The van der Waals surface area contributed by atoms with Crippen LogP contribution in [0.2, 0.25) is 0 Å². The first-order valence-electron chi connectivity index (χ1n) is 3.20. The van der Waals surface area contributed by atoms with E-state index in [1.807, 2.05) is 0 Å². The van der Waals surface area contributed by atoms with Crippen LogP contribution in [0.15, 0.2) is 0 Å². The summed E-state index contributed by atoms with van der Waals surface area (Å²) in [5.41, 5.74) is 0. The SMILES string of the molecule is CC(=O)O[B]OC(C)=O.CC(=O)[O-].[Na+]. The standard InChI is InChI=1S/C4H6BO4.C2H4O2.Na/c1-3(6)8-5-9-4(2)7;1-2(3)4;/h1-2H3;1H3,(H,3,4);/q;;+1/p-1. The topological polar surface area (TPSA) is 92.7 Å². The average molecular weight is 211 g/mol. The molecular formula is C6H9BNaO6. The van der Waals surface area contributed by atoms with Crippen LogP contribution in [-0.2, 0) is 23.7 Å². The Hall–Kier alpha value is -0.525. The van der Waals surface area contributed by atoms with Crippen LogP contribution in [0.5, 0.6) is 0 Å². The summed E-state index contributed by atoms with van der Waals surface area (Å²) in [6, 6.07) is 0. The second kappa shape index (κ2) is 12.5. The van der Waals surface area contributed by atoms with E-state index < -0.39 is 17.9 Å². The second-order valence-electron chi connectivity index (χ2n) is 1.81. The van der Waals surface area contributed by atoms with E-state index in [2.05, 4.69) is 9.31 Å². The van der Waals surface area contributed by atoms with Gasteiger partial charge in [-0.05, 0) is 6.92 Å². The molecule has 0 aromatic heterocycles. The van der Waals surface area contributed by atoms with Crippen molar-refractivity contribution >= 4 is 25.6 Å². The van der Waals surface area contributed by atoms with Crippen LogP contribution in [0, 0.1) is 0 Å². The number of hydrogen-bond acceptors (Lipinski definition) is 6. The van der Waals surface area contributed by atoms with Gasteiger partial charge in [0.05, 0.1) is 0 Å². The maximum Gasteiger partial charge on any atom is 1.00 e. The maximum absolute atomic E-state index is 9.98. The van der Waals surface area contributed by atoms with E-state index in [9.17, 15) is 9.59 Å². The Balaban J connectivity index is -0.000000209. The van der Waals surface area contributed by atoms with E-state index in [0.717, 1.165) is 6.92 Å². The van der Waals surface area contributed by atoms with E-state index in [0.29, 0.717) is 7.69 Å². The van der Waals surface area contributed by atoms with Crippen LogP contribution in [0.4, 0.5) is 0 Å². The monoisotopic (exact) mass is 211 g/mol. The zero-order valence-corrected chi connectivity index (χ0v) is 10.5. The molecule has 0 bridgehead atoms. The van der Waals surface area contributed by atoms with E-state index in [-0.39, 0.29) is 29.6 Å². The third-order valence-corrected chi connectivity index (χ3v) is 0.428. The van der Waals surface area contributed by atoms with Gasteiger partial charge in [-0.2, -0.15) is 0 Å². The summed E-state index contributed by atoms with van der Waals surface area (Å²) in [4.78, 5) is 28.8. The molecule has 0 N–H and O–H groups in total. The summed E-state index contributed by atoms with van der Waals surface area (Å²) in [6.45, 7) is 3.39. The third-order valence-electron chi connectivity index (χ3n) is 0.428. The Bertz CT molecular complexity index is 177. The van der Waals surface area contributed by atoms with Gasteiger partial charge in [-0.25, -0.2) is 0 Å². The minimum Gasteiger partial charge on any atom is -0.550 e. The van der Waals surface area contributed by atoms with Gasteiger partial charge in [-0.1, -0.05) is 0 Å². The molecule has 0 spiro atoms. The average Bonchev–Trinajstić information content (AvgIpc) is 1.83. The Morgan fingerprint density at radius 1 is 1.00 bits per heavy atom. The van der Waals surface area contributed by atoms with Gasteiger partial charge >= 0.3 is 37.2 Å². The molecule has 73 valence electrons. The van der Waals surface area contributed by atoms with Gasteiger partial charge in [0.25, 0.3) is 11.9 Å². The first-order valence-corrected chi connectivity index (χ1v) is 3.20. The molecule has 14 heavy (non-hydrogen) atoms.